The maximum Gasteiger partial charge on any atom is 0.387 e. The lowest BCUT2D eigenvalue weighted by Gasteiger charge is -2.14. The first-order valence-corrected chi connectivity index (χ1v) is 6.49. The number of halogens is 2. The number of alkyl halides is 2. The molecule has 1 atom stereocenters. The highest BCUT2D eigenvalue weighted by molar-refractivity contribution is 5.85. The highest BCUT2D eigenvalue weighted by Crippen LogP contribution is 2.20. The van der Waals surface area contributed by atoms with Gasteiger partial charge in [-0.25, -0.2) is 4.79 Å². The second-order valence-electron chi connectivity index (χ2n) is 4.41. The molecule has 0 spiro atoms. The van der Waals surface area contributed by atoms with Gasteiger partial charge in [-0.2, -0.15) is 8.78 Å². The van der Waals surface area contributed by atoms with E-state index < -0.39 is 24.5 Å². The molecule has 0 aliphatic carbocycles. The van der Waals surface area contributed by atoms with Gasteiger partial charge in [0, 0.05) is 5.56 Å². The van der Waals surface area contributed by atoms with Gasteiger partial charge in [-0.1, -0.05) is 31.5 Å². The molecule has 1 amide bonds. The number of carbonyl (C=O) groups is 2. The molecule has 0 heterocycles. The number of carboxylic acids is 1. The first-order chi connectivity index (χ1) is 9.93. The van der Waals surface area contributed by atoms with Crippen molar-refractivity contribution in [2.24, 2.45) is 0 Å². The second-order valence-corrected chi connectivity index (χ2v) is 4.41. The molecule has 1 unspecified atom stereocenters. The number of aliphatic carboxylic acids is 1. The van der Waals surface area contributed by atoms with Crippen molar-refractivity contribution in [2.75, 3.05) is 0 Å². The number of amides is 1. The lowest BCUT2D eigenvalue weighted by Crippen LogP contribution is -2.41. The van der Waals surface area contributed by atoms with Gasteiger partial charge < -0.3 is 15.2 Å². The van der Waals surface area contributed by atoms with Gasteiger partial charge >= 0.3 is 12.6 Å². The van der Waals surface area contributed by atoms with Crippen LogP contribution in [0.3, 0.4) is 0 Å². The fourth-order valence-corrected chi connectivity index (χ4v) is 1.83. The van der Waals surface area contributed by atoms with Crippen molar-refractivity contribution in [3.8, 4) is 5.75 Å². The van der Waals surface area contributed by atoms with Crippen LogP contribution in [0.15, 0.2) is 24.3 Å². The van der Waals surface area contributed by atoms with Crippen molar-refractivity contribution in [3.63, 3.8) is 0 Å². The molecular weight excluding hydrogens is 284 g/mol. The summed E-state index contributed by atoms with van der Waals surface area (Å²) in [6.45, 7) is -1.19. The Morgan fingerprint density at radius 1 is 1.33 bits per heavy atom. The molecule has 0 aliphatic heterocycles. The van der Waals surface area contributed by atoms with Crippen LogP contribution in [0, 0.1) is 0 Å². The zero-order valence-electron chi connectivity index (χ0n) is 11.5. The fraction of sp³-hybridized carbons (Fsp3) is 0.429. The molecule has 0 aromatic heterocycles. The number of rotatable bonds is 8. The summed E-state index contributed by atoms with van der Waals surface area (Å²) in [6, 6.07) is 4.92. The topological polar surface area (TPSA) is 75.6 Å². The molecule has 2 N–H and O–H groups in total. The lowest BCUT2D eigenvalue weighted by atomic mass is 10.1. The molecular formula is C14H17F2NO4. The number of benzene rings is 1. The van der Waals surface area contributed by atoms with Gasteiger partial charge in [-0.05, 0) is 12.5 Å². The summed E-state index contributed by atoms with van der Waals surface area (Å²) in [6.07, 6.45) is 0.676. The number of carboxylic acid groups (broad SMARTS) is 1. The highest BCUT2D eigenvalue weighted by atomic mass is 19.3. The summed E-state index contributed by atoms with van der Waals surface area (Å²) in [5.41, 5.74) is 0.274. The van der Waals surface area contributed by atoms with E-state index in [-0.39, 0.29) is 17.7 Å². The molecule has 0 fully saturated rings. The van der Waals surface area contributed by atoms with E-state index in [9.17, 15) is 18.4 Å². The standard InChI is InChI=1S/C14H17F2NO4/c1-2-5-10(13(19)20)17-12(18)8-9-6-3-4-7-11(9)21-14(15)16/h3-4,6-7,10,14H,2,5,8H2,1H3,(H,17,18)(H,19,20). The number of nitrogens with one attached hydrogen (secondary N) is 1. The minimum absolute atomic E-state index is 0.0926. The smallest absolute Gasteiger partial charge is 0.387 e. The van der Waals surface area contributed by atoms with Crippen molar-refractivity contribution in [2.45, 2.75) is 38.8 Å². The Bertz CT molecular complexity index is 494. The third kappa shape index (κ3) is 5.76. The average Bonchev–Trinajstić information content (AvgIpc) is 2.39. The summed E-state index contributed by atoms with van der Waals surface area (Å²) in [5.74, 6) is -1.77. The van der Waals surface area contributed by atoms with Crippen molar-refractivity contribution < 1.29 is 28.2 Å². The number of carbonyl (C=O) groups excluding carboxylic acids is 1. The molecule has 1 aromatic rings. The molecule has 0 saturated heterocycles. The van der Waals surface area contributed by atoms with Gasteiger partial charge in [-0.3, -0.25) is 4.79 Å². The number of hydrogen-bond acceptors (Lipinski definition) is 3. The van der Waals surface area contributed by atoms with Crippen LogP contribution in [0.5, 0.6) is 5.75 Å². The van der Waals surface area contributed by atoms with Crippen LogP contribution in [-0.4, -0.2) is 29.6 Å². The Kier molecular flexibility index (Phi) is 6.58. The van der Waals surface area contributed by atoms with Crippen molar-refractivity contribution in [3.05, 3.63) is 29.8 Å². The van der Waals surface area contributed by atoms with E-state index in [0.717, 1.165) is 0 Å². The summed E-state index contributed by atoms with van der Waals surface area (Å²) in [7, 11) is 0. The molecule has 1 rings (SSSR count). The number of para-hydroxylation sites is 1. The SMILES string of the molecule is CCCC(NC(=O)Cc1ccccc1OC(F)F)C(=O)O. The Hall–Kier alpha value is -2.18. The molecule has 0 bridgehead atoms. The largest absolute Gasteiger partial charge is 0.480 e. The summed E-state index contributed by atoms with van der Waals surface area (Å²) >= 11 is 0. The lowest BCUT2D eigenvalue weighted by molar-refractivity contribution is -0.141. The molecule has 0 radical (unpaired) electrons. The minimum atomic E-state index is -2.99. The molecule has 1 aromatic carbocycles. The summed E-state index contributed by atoms with van der Waals surface area (Å²) < 4.78 is 28.8. The maximum atomic E-state index is 12.3. The molecule has 116 valence electrons. The van der Waals surface area contributed by atoms with Crippen LogP contribution in [0.1, 0.15) is 25.3 Å². The second kappa shape index (κ2) is 8.18. The normalized spacial score (nSPS) is 12.0. The number of ether oxygens (including phenoxy) is 1. The molecule has 0 aliphatic rings. The van der Waals surface area contributed by atoms with Crippen LogP contribution >= 0.6 is 0 Å². The van der Waals surface area contributed by atoms with E-state index in [0.29, 0.717) is 12.8 Å². The van der Waals surface area contributed by atoms with Gasteiger partial charge in [0.15, 0.2) is 0 Å². The van der Waals surface area contributed by atoms with Gasteiger partial charge in [-0.15, -0.1) is 0 Å². The molecule has 5 nitrogen and oxygen atoms in total. The maximum absolute atomic E-state index is 12.3. The Balaban J connectivity index is 2.72. The average molecular weight is 301 g/mol. The van der Waals surface area contributed by atoms with E-state index in [2.05, 4.69) is 10.1 Å². The Morgan fingerprint density at radius 2 is 2.00 bits per heavy atom. The van der Waals surface area contributed by atoms with E-state index in [4.69, 9.17) is 5.11 Å². The molecule has 21 heavy (non-hydrogen) atoms. The predicted molar refractivity (Wildman–Crippen MR) is 71.3 cm³/mol. The summed E-state index contributed by atoms with van der Waals surface area (Å²) in [5, 5.41) is 11.3. The first-order valence-electron chi connectivity index (χ1n) is 6.49. The van der Waals surface area contributed by atoms with E-state index in [1.54, 1.807) is 13.0 Å². The van der Waals surface area contributed by atoms with Crippen LogP contribution in [0.4, 0.5) is 8.78 Å². The highest BCUT2D eigenvalue weighted by Gasteiger charge is 2.20. The van der Waals surface area contributed by atoms with Gasteiger partial charge in [0.05, 0.1) is 6.42 Å². The first kappa shape index (κ1) is 16.9. The van der Waals surface area contributed by atoms with Crippen molar-refractivity contribution in [1.82, 2.24) is 5.32 Å². The van der Waals surface area contributed by atoms with Crippen molar-refractivity contribution in [1.29, 1.82) is 0 Å². The van der Waals surface area contributed by atoms with Crippen LogP contribution < -0.4 is 10.1 Å². The fourth-order valence-electron chi connectivity index (χ4n) is 1.83. The van der Waals surface area contributed by atoms with Gasteiger partial charge in [0.25, 0.3) is 0 Å². The van der Waals surface area contributed by atoms with E-state index in [1.807, 2.05) is 0 Å². The van der Waals surface area contributed by atoms with E-state index in [1.165, 1.54) is 18.2 Å². The third-order valence-electron chi connectivity index (χ3n) is 2.75. The summed E-state index contributed by atoms with van der Waals surface area (Å²) in [4.78, 5) is 22.8. The zero-order chi connectivity index (χ0) is 15.8. The third-order valence-corrected chi connectivity index (χ3v) is 2.75. The number of hydrogen-bond donors (Lipinski definition) is 2. The minimum Gasteiger partial charge on any atom is -0.480 e. The molecule has 7 heteroatoms. The molecule has 0 saturated carbocycles. The van der Waals surface area contributed by atoms with Gasteiger partial charge in [0.2, 0.25) is 5.91 Å². The van der Waals surface area contributed by atoms with Crippen molar-refractivity contribution >= 4 is 11.9 Å². The predicted octanol–water partition coefficient (Wildman–Crippen LogP) is 2.20. The zero-order valence-corrected chi connectivity index (χ0v) is 11.5. The van der Waals surface area contributed by atoms with E-state index >= 15 is 0 Å². The monoisotopic (exact) mass is 301 g/mol. The Morgan fingerprint density at radius 3 is 2.57 bits per heavy atom. The quantitative estimate of drug-likeness (QED) is 0.772. The van der Waals surface area contributed by atoms with Crippen LogP contribution in [0.2, 0.25) is 0 Å². The van der Waals surface area contributed by atoms with Gasteiger partial charge in [0.1, 0.15) is 11.8 Å². The van der Waals surface area contributed by atoms with Crippen LogP contribution in [-0.2, 0) is 16.0 Å². The Labute approximate surface area is 120 Å². The van der Waals surface area contributed by atoms with Crippen LogP contribution in [0.25, 0.3) is 0 Å².